The van der Waals surface area contributed by atoms with Gasteiger partial charge in [0.05, 0.1) is 9.94 Å². The summed E-state index contributed by atoms with van der Waals surface area (Å²) in [6.07, 6.45) is 3.10. The molecule has 1 N–H and O–H groups in total. The average molecular weight is 260 g/mol. The second kappa shape index (κ2) is 5.48. The normalized spacial score (nSPS) is 12.0. The van der Waals surface area contributed by atoms with Gasteiger partial charge in [-0.15, -0.1) is 11.3 Å². The van der Waals surface area contributed by atoms with Crippen molar-refractivity contribution in [3.05, 3.63) is 27.4 Å². The SMILES string of the molecule is CC(C)(C)ONC(=O)/C=C/c1ccc(Cl)s1. The molecule has 0 saturated carbocycles. The maximum atomic E-state index is 11.3. The van der Waals surface area contributed by atoms with E-state index in [1.807, 2.05) is 26.8 Å². The molecule has 0 aliphatic rings. The minimum Gasteiger partial charge on any atom is -0.268 e. The van der Waals surface area contributed by atoms with Crippen molar-refractivity contribution in [1.29, 1.82) is 0 Å². The first kappa shape index (κ1) is 13.2. The van der Waals surface area contributed by atoms with Gasteiger partial charge in [-0.2, -0.15) is 0 Å². The third kappa shape index (κ3) is 5.30. The van der Waals surface area contributed by atoms with Gasteiger partial charge in [-0.3, -0.25) is 9.63 Å². The van der Waals surface area contributed by atoms with Crippen LogP contribution in [0.3, 0.4) is 0 Å². The third-order valence-electron chi connectivity index (χ3n) is 1.45. The molecule has 1 amide bonds. The lowest BCUT2D eigenvalue weighted by Crippen LogP contribution is -2.32. The second-order valence-corrected chi connectivity index (χ2v) is 5.90. The van der Waals surface area contributed by atoms with Crippen LogP contribution < -0.4 is 5.48 Å². The summed E-state index contributed by atoms with van der Waals surface area (Å²) in [5.74, 6) is -0.292. The van der Waals surface area contributed by atoms with Gasteiger partial charge in [0, 0.05) is 11.0 Å². The van der Waals surface area contributed by atoms with E-state index in [4.69, 9.17) is 16.4 Å². The van der Waals surface area contributed by atoms with Crippen molar-refractivity contribution in [3.8, 4) is 0 Å². The van der Waals surface area contributed by atoms with Crippen LogP contribution in [-0.2, 0) is 9.63 Å². The second-order valence-electron chi connectivity index (χ2n) is 4.16. The molecule has 1 rings (SSSR count). The number of thiophene rings is 1. The fourth-order valence-corrected chi connectivity index (χ4v) is 1.78. The molecule has 16 heavy (non-hydrogen) atoms. The topological polar surface area (TPSA) is 38.3 Å². The van der Waals surface area contributed by atoms with E-state index in [1.165, 1.54) is 17.4 Å². The molecule has 0 unspecified atom stereocenters. The van der Waals surface area contributed by atoms with E-state index in [2.05, 4.69) is 5.48 Å². The van der Waals surface area contributed by atoms with Crippen molar-refractivity contribution >= 4 is 34.9 Å². The van der Waals surface area contributed by atoms with Gasteiger partial charge in [0.2, 0.25) is 0 Å². The number of hydroxylamine groups is 1. The Kier molecular flexibility index (Phi) is 4.53. The number of halogens is 1. The number of hydrogen-bond donors (Lipinski definition) is 1. The minimum atomic E-state index is -0.393. The van der Waals surface area contributed by atoms with Crippen molar-refractivity contribution < 1.29 is 9.63 Å². The molecule has 0 aliphatic carbocycles. The number of amides is 1. The Morgan fingerprint density at radius 2 is 2.19 bits per heavy atom. The molecule has 0 atom stereocenters. The number of hydrogen-bond acceptors (Lipinski definition) is 3. The van der Waals surface area contributed by atoms with Crippen molar-refractivity contribution in [3.63, 3.8) is 0 Å². The Bertz CT molecular complexity index is 393. The maximum Gasteiger partial charge on any atom is 0.267 e. The van der Waals surface area contributed by atoms with E-state index in [-0.39, 0.29) is 5.91 Å². The Morgan fingerprint density at radius 3 is 2.69 bits per heavy atom. The molecule has 1 aromatic rings. The minimum absolute atomic E-state index is 0.292. The first-order valence-corrected chi connectivity index (χ1v) is 5.98. The molecule has 0 aromatic carbocycles. The summed E-state index contributed by atoms with van der Waals surface area (Å²) in [5, 5.41) is 0. The predicted molar refractivity (Wildman–Crippen MR) is 67.3 cm³/mol. The molecule has 0 spiro atoms. The van der Waals surface area contributed by atoms with Crippen molar-refractivity contribution in [1.82, 2.24) is 5.48 Å². The highest BCUT2D eigenvalue weighted by Crippen LogP contribution is 2.22. The van der Waals surface area contributed by atoms with Crippen molar-refractivity contribution in [2.24, 2.45) is 0 Å². The molecule has 0 radical (unpaired) electrons. The lowest BCUT2D eigenvalue weighted by atomic mass is 10.2. The van der Waals surface area contributed by atoms with Gasteiger partial charge >= 0.3 is 0 Å². The monoisotopic (exact) mass is 259 g/mol. The van der Waals surface area contributed by atoms with E-state index in [1.54, 1.807) is 12.1 Å². The molecule has 88 valence electrons. The van der Waals surface area contributed by atoms with Crippen LogP contribution in [0.2, 0.25) is 4.34 Å². The van der Waals surface area contributed by atoms with Gasteiger partial charge in [0.25, 0.3) is 5.91 Å². The Hall–Kier alpha value is -0.840. The maximum absolute atomic E-state index is 11.3. The highest BCUT2D eigenvalue weighted by Gasteiger charge is 2.11. The Labute approximate surface area is 104 Å². The van der Waals surface area contributed by atoms with Gasteiger partial charge in [-0.1, -0.05) is 11.6 Å². The zero-order valence-corrected chi connectivity index (χ0v) is 11.0. The molecule has 3 nitrogen and oxygen atoms in total. The standard InChI is InChI=1S/C11H14ClNO2S/c1-11(2,3)15-13-10(14)7-5-8-4-6-9(12)16-8/h4-7H,1-3H3,(H,13,14)/b7-5+. The summed E-state index contributed by atoms with van der Waals surface area (Å²) in [6, 6.07) is 3.64. The molecule has 0 bridgehead atoms. The van der Waals surface area contributed by atoms with E-state index in [0.717, 1.165) is 4.88 Å². The third-order valence-corrected chi connectivity index (χ3v) is 2.65. The van der Waals surface area contributed by atoms with E-state index in [9.17, 15) is 4.79 Å². The van der Waals surface area contributed by atoms with Gasteiger partial charge in [0.1, 0.15) is 0 Å². The van der Waals surface area contributed by atoms with E-state index >= 15 is 0 Å². The smallest absolute Gasteiger partial charge is 0.267 e. The fourth-order valence-electron chi connectivity index (χ4n) is 0.813. The van der Waals surface area contributed by atoms with Gasteiger partial charge < -0.3 is 0 Å². The number of carbonyl (C=O) groups excluding carboxylic acids is 1. The molecule has 0 fully saturated rings. The van der Waals surface area contributed by atoms with Gasteiger partial charge in [0.15, 0.2) is 0 Å². The van der Waals surface area contributed by atoms with Crippen LogP contribution in [0.15, 0.2) is 18.2 Å². The first-order chi connectivity index (χ1) is 7.37. The summed E-state index contributed by atoms with van der Waals surface area (Å²) in [5.41, 5.74) is 1.95. The lowest BCUT2D eigenvalue weighted by molar-refractivity contribution is -0.140. The van der Waals surface area contributed by atoms with E-state index < -0.39 is 5.60 Å². The molecule has 1 aromatic heterocycles. The average Bonchev–Trinajstić information content (AvgIpc) is 2.57. The Balaban J connectivity index is 2.43. The summed E-state index contributed by atoms with van der Waals surface area (Å²) in [7, 11) is 0. The van der Waals surface area contributed by atoms with Crippen LogP contribution in [0.1, 0.15) is 25.6 Å². The highest BCUT2D eigenvalue weighted by molar-refractivity contribution is 7.17. The summed E-state index contributed by atoms with van der Waals surface area (Å²) in [4.78, 5) is 17.4. The summed E-state index contributed by atoms with van der Waals surface area (Å²) >= 11 is 7.17. The predicted octanol–water partition coefficient (Wildman–Crippen LogP) is 3.26. The fraction of sp³-hybridized carbons (Fsp3) is 0.364. The van der Waals surface area contributed by atoms with Crippen LogP contribution in [0, 0.1) is 0 Å². The molecule has 0 saturated heterocycles. The summed E-state index contributed by atoms with van der Waals surface area (Å²) < 4.78 is 0.700. The number of nitrogens with one attached hydrogen (secondary N) is 1. The lowest BCUT2D eigenvalue weighted by Gasteiger charge is -2.17. The van der Waals surface area contributed by atoms with Crippen LogP contribution in [0.4, 0.5) is 0 Å². The zero-order chi connectivity index (χ0) is 12.2. The van der Waals surface area contributed by atoms with Crippen LogP contribution in [0.25, 0.3) is 6.08 Å². The first-order valence-electron chi connectivity index (χ1n) is 4.78. The molecular formula is C11H14ClNO2S. The summed E-state index contributed by atoms with van der Waals surface area (Å²) in [6.45, 7) is 5.57. The van der Waals surface area contributed by atoms with Crippen LogP contribution in [-0.4, -0.2) is 11.5 Å². The van der Waals surface area contributed by atoms with E-state index in [0.29, 0.717) is 4.34 Å². The molecular weight excluding hydrogens is 246 g/mol. The van der Waals surface area contributed by atoms with Crippen molar-refractivity contribution in [2.45, 2.75) is 26.4 Å². The number of carbonyl (C=O) groups is 1. The quantitative estimate of drug-likeness (QED) is 0.668. The molecule has 1 heterocycles. The van der Waals surface area contributed by atoms with Crippen molar-refractivity contribution in [2.75, 3.05) is 0 Å². The van der Waals surface area contributed by atoms with Gasteiger partial charge in [-0.25, -0.2) is 5.48 Å². The van der Waals surface area contributed by atoms with Crippen LogP contribution in [0.5, 0.6) is 0 Å². The number of rotatable bonds is 3. The highest BCUT2D eigenvalue weighted by atomic mass is 35.5. The molecule has 5 heteroatoms. The van der Waals surface area contributed by atoms with Crippen LogP contribution >= 0.6 is 22.9 Å². The largest absolute Gasteiger partial charge is 0.268 e. The van der Waals surface area contributed by atoms with Gasteiger partial charge in [-0.05, 0) is 39.0 Å². The zero-order valence-electron chi connectivity index (χ0n) is 9.41. The Morgan fingerprint density at radius 1 is 1.50 bits per heavy atom. The molecule has 0 aliphatic heterocycles.